The van der Waals surface area contributed by atoms with E-state index < -0.39 is 11.8 Å². The van der Waals surface area contributed by atoms with Crippen molar-refractivity contribution < 1.29 is 19.1 Å². The summed E-state index contributed by atoms with van der Waals surface area (Å²) < 4.78 is 5.28. The third-order valence-corrected chi connectivity index (χ3v) is 7.09. The Bertz CT molecular complexity index is 1570. The highest BCUT2D eigenvalue weighted by Gasteiger charge is 2.15. The molecule has 208 valence electrons. The van der Waals surface area contributed by atoms with E-state index in [-0.39, 0.29) is 17.4 Å². The van der Waals surface area contributed by atoms with Crippen LogP contribution in [-0.2, 0) is 9.59 Å². The van der Waals surface area contributed by atoms with E-state index in [2.05, 4.69) is 16.0 Å². The van der Waals surface area contributed by atoms with Crippen molar-refractivity contribution in [1.29, 1.82) is 0 Å². The van der Waals surface area contributed by atoms with Crippen LogP contribution in [0, 0.1) is 13.8 Å². The van der Waals surface area contributed by atoms with Crippen LogP contribution in [0.3, 0.4) is 0 Å². The normalized spacial score (nSPS) is 11.0. The summed E-state index contributed by atoms with van der Waals surface area (Å²) in [6.45, 7) is 3.94. The number of methoxy groups -OCH3 is 1. The average molecular weight is 566 g/mol. The number of carbonyl (C=O) groups is 3. The van der Waals surface area contributed by atoms with Gasteiger partial charge in [0.2, 0.25) is 5.91 Å². The minimum absolute atomic E-state index is 0.0775. The summed E-state index contributed by atoms with van der Waals surface area (Å²) in [6.07, 6.45) is 1.59. The van der Waals surface area contributed by atoms with Gasteiger partial charge >= 0.3 is 0 Å². The van der Waals surface area contributed by atoms with Crippen molar-refractivity contribution in [2.75, 3.05) is 23.5 Å². The Morgan fingerprint density at radius 2 is 1.59 bits per heavy atom. The van der Waals surface area contributed by atoms with Crippen molar-refractivity contribution in [2.24, 2.45) is 0 Å². The van der Waals surface area contributed by atoms with Gasteiger partial charge in [-0.25, -0.2) is 0 Å². The molecular formula is C33H31N3O4S. The molecule has 0 atom stereocenters. The molecule has 4 rings (SSSR count). The molecule has 8 heteroatoms. The number of aryl methyl sites for hydroxylation is 2. The van der Waals surface area contributed by atoms with Gasteiger partial charge in [0.25, 0.3) is 11.8 Å². The fourth-order valence-corrected chi connectivity index (χ4v) is 4.58. The maximum absolute atomic E-state index is 13.3. The van der Waals surface area contributed by atoms with Gasteiger partial charge in [0.15, 0.2) is 0 Å². The highest BCUT2D eigenvalue weighted by molar-refractivity contribution is 8.00. The van der Waals surface area contributed by atoms with Crippen molar-refractivity contribution in [3.63, 3.8) is 0 Å². The zero-order valence-electron chi connectivity index (χ0n) is 23.1. The molecule has 0 heterocycles. The van der Waals surface area contributed by atoms with Crippen LogP contribution >= 0.6 is 11.8 Å². The second-order valence-corrected chi connectivity index (χ2v) is 10.3. The summed E-state index contributed by atoms with van der Waals surface area (Å²) in [4.78, 5) is 39.5. The molecule has 0 aliphatic carbocycles. The van der Waals surface area contributed by atoms with E-state index in [9.17, 15) is 14.4 Å². The number of carbonyl (C=O) groups excluding carboxylic acids is 3. The zero-order chi connectivity index (χ0) is 29.2. The Labute approximate surface area is 244 Å². The van der Waals surface area contributed by atoms with Crippen LogP contribution < -0.4 is 20.7 Å². The third kappa shape index (κ3) is 8.58. The second-order valence-electron chi connectivity index (χ2n) is 9.29. The van der Waals surface area contributed by atoms with Crippen LogP contribution in [0.15, 0.2) is 108 Å². The summed E-state index contributed by atoms with van der Waals surface area (Å²) in [7, 11) is 1.56. The quantitative estimate of drug-likeness (QED) is 0.152. The maximum atomic E-state index is 13.3. The van der Waals surface area contributed by atoms with Crippen molar-refractivity contribution >= 4 is 46.9 Å². The van der Waals surface area contributed by atoms with Gasteiger partial charge in [0, 0.05) is 21.8 Å². The maximum Gasteiger partial charge on any atom is 0.272 e. The average Bonchev–Trinajstić information content (AvgIpc) is 2.98. The lowest BCUT2D eigenvalue weighted by Crippen LogP contribution is -2.30. The number of rotatable bonds is 10. The minimum atomic E-state index is -0.481. The van der Waals surface area contributed by atoms with E-state index in [1.165, 1.54) is 11.8 Å². The molecule has 0 aliphatic rings. The van der Waals surface area contributed by atoms with Crippen LogP contribution in [-0.4, -0.2) is 30.6 Å². The summed E-state index contributed by atoms with van der Waals surface area (Å²) in [5.74, 6) is -0.102. The van der Waals surface area contributed by atoms with Crippen LogP contribution in [0.2, 0.25) is 0 Å². The lowest BCUT2D eigenvalue weighted by molar-refractivity contribution is -0.114. The molecule has 0 saturated heterocycles. The summed E-state index contributed by atoms with van der Waals surface area (Å²) in [5, 5.41) is 8.53. The van der Waals surface area contributed by atoms with E-state index in [1.807, 2.05) is 56.3 Å². The largest absolute Gasteiger partial charge is 0.497 e. The highest BCUT2D eigenvalue weighted by atomic mass is 32.2. The van der Waals surface area contributed by atoms with Crippen LogP contribution in [0.5, 0.6) is 5.75 Å². The smallest absolute Gasteiger partial charge is 0.272 e. The number of nitrogens with one attached hydrogen (secondary N) is 3. The predicted octanol–water partition coefficient (Wildman–Crippen LogP) is 6.45. The molecule has 0 saturated carbocycles. The Kier molecular flexibility index (Phi) is 9.96. The molecule has 0 radical (unpaired) electrons. The molecule has 7 nitrogen and oxygen atoms in total. The first-order valence-corrected chi connectivity index (χ1v) is 13.9. The Balaban J connectivity index is 1.42. The summed E-state index contributed by atoms with van der Waals surface area (Å²) in [5.41, 5.74) is 4.64. The first-order chi connectivity index (χ1) is 19.8. The number of ether oxygens (including phenoxy) is 1. The molecule has 4 aromatic rings. The van der Waals surface area contributed by atoms with Gasteiger partial charge in [-0.15, -0.1) is 11.8 Å². The fraction of sp³-hybridized carbons (Fsp3) is 0.121. The molecule has 41 heavy (non-hydrogen) atoms. The van der Waals surface area contributed by atoms with Crippen LogP contribution in [0.25, 0.3) is 6.08 Å². The van der Waals surface area contributed by atoms with Crippen molar-refractivity contribution in [1.82, 2.24) is 5.32 Å². The van der Waals surface area contributed by atoms with E-state index >= 15 is 0 Å². The predicted molar refractivity (Wildman–Crippen MR) is 165 cm³/mol. The van der Waals surface area contributed by atoms with Crippen molar-refractivity contribution in [3.05, 3.63) is 125 Å². The molecule has 0 aliphatic heterocycles. The van der Waals surface area contributed by atoms with Crippen molar-refractivity contribution in [3.8, 4) is 5.75 Å². The van der Waals surface area contributed by atoms with Crippen molar-refractivity contribution in [2.45, 2.75) is 18.7 Å². The number of thioether (sulfide) groups is 1. The summed E-state index contributed by atoms with van der Waals surface area (Å²) in [6, 6.07) is 29.0. The first kappa shape index (κ1) is 29.2. The van der Waals surface area contributed by atoms with Gasteiger partial charge in [0.1, 0.15) is 11.4 Å². The van der Waals surface area contributed by atoms with Gasteiger partial charge in [-0.2, -0.15) is 0 Å². The van der Waals surface area contributed by atoms with Crippen LogP contribution in [0.1, 0.15) is 27.0 Å². The third-order valence-electron chi connectivity index (χ3n) is 6.08. The van der Waals surface area contributed by atoms with Gasteiger partial charge in [0.05, 0.1) is 12.9 Å². The molecule has 0 aromatic heterocycles. The fourth-order valence-electron chi connectivity index (χ4n) is 3.88. The summed E-state index contributed by atoms with van der Waals surface area (Å²) >= 11 is 1.40. The molecule has 3 amide bonds. The molecule has 0 fully saturated rings. The topological polar surface area (TPSA) is 96.5 Å². The van der Waals surface area contributed by atoms with Gasteiger partial charge in [-0.3, -0.25) is 14.4 Å². The Morgan fingerprint density at radius 3 is 2.32 bits per heavy atom. The van der Waals surface area contributed by atoms with Crippen LogP contribution in [0.4, 0.5) is 11.4 Å². The minimum Gasteiger partial charge on any atom is -0.497 e. The zero-order valence-corrected chi connectivity index (χ0v) is 23.9. The lowest BCUT2D eigenvalue weighted by Gasteiger charge is -2.12. The van der Waals surface area contributed by atoms with E-state index in [0.717, 1.165) is 21.7 Å². The first-order valence-electron chi connectivity index (χ1n) is 12.9. The molecule has 0 spiro atoms. The standard InChI is InChI=1S/C33H31N3O4S/c1-22-12-13-23(2)29(18-22)35-31(37)21-41-28-16-14-26(15-17-28)34-33(39)30(20-24-8-7-11-27(19-24)40-3)36-32(38)25-9-5-4-6-10-25/h4-20H,21H2,1-3H3,(H,34,39)(H,35,37)(H,36,38)/b30-20-. The number of benzene rings is 4. The van der Waals surface area contributed by atoms with E-state index in [1.54, 1.807) is 67.8 Å². The second kappa shape index (κ2) is 14.0. The molecule has 0 bridgehead atoms. The highest BCUT2D eigenvalue weighted by Crippen LogP contribution is 2.23. The number of hydrogen-bond acceptors (Lipinski definition) is 5. The molecular weight excluding hydrogens is 534 g/mol. The molecule has 4 aromatic carbocycles. The molecule has 0 unspecified atom stereocenters. The molecule has 3 N–H and O–H groups in total. The van der Waals surface area contributed by atoms with E-state index in [4.69, 9.17) is 4.74 Å². The Hall–Kier alpha value is -4.82. The monoisotopic (exact) mass is 565 g/mol. The van der Waals surface area contributed by atoms with E-state index in [0.29, 0.717) is 22.6 Å². The SMILES string of the molecule is COc1cccc(/C=C(\NC(=O)c2ccccc2)C(=O)Nc2ccc(SCC(=O)Nc3cc(C)ccc3C)cc2)c1. The number of hydrogen-bond donors (Lipinski definition) is 3. The number of anilines is 2. The Morgan fingerprint density at radius 1 is 0.829 bits per heavy atom. The lowest BCUT2D eigenvalue weighted by atomic mass is 10.1. The number of amides is 3. The van der Waals surface area contributed by atoms with Gasteiger partial charge in [-0.1, -0.05) is 42.5 Å². The van der Waals surface area contributed by atoms with Gasteiger partial charge < -0.3 is 20.7 Å². The van der Waals surface area contributed by atoms with Gasteiger partial charge in [-0.05, 0) is 91.2 Å².